The van der Waals surface area contributed by atoms with Crippen molar-refractivity contribution in [3.63, 3.8) is 0 Å². The molecule has 2 aromatic rings. The van der Waals surface area contributed by atoms with Crippen LogP contribution in [-0.4, -0.2) is 8.42 Å². The maximum atomic E-state index is 12.2. The van der Waals surface area contributed by atoms with E-state index in [0.29, 0.717) is 21.3 Å². The quantitative estimate of drug-likeness (QED) is 0.911. The molecule has 2 aromatic carbocycles. The van der Waals surface area contributed by atoms with Gasteiger partial charge in [0.15, 0.2) is 0 Å². The Morgan fingerprint density at radius 3 is 2.25 bits per heavy atom. The smallest absolute Gasteiger partial charge is 0.237 e. The van der Waals surface area contributed by atoms with Crippen molar-refractivity contribution in [3.8, 4) is 0 Å². The summed E-state index contributed by atoms with van der Waals surface area (Å²) in [5.41, 5.74) is 1.89. The van der Waals surface area contributed by atoms with E-state index in [9.17, 15) is 8.42 Å². The number of rotatable bonds is 4. The first-order valence-electron chi connectivity index (χ1n) is 5.87. The lowest BCUT2D eigenvalue weighted by molar-refractivity contribution is 0.600. The molecule has 0 aliphatic heterocycles. The normalized spacial score (nSPS) is 11.3. The standard InChI is InChI=1S/C14H13Cl2NO2S/c1-10-4-2-5-11(8-10)17-20(18,19)9-12-13(15)6-3-7-14(12)16/h2-8,17H,9H2,1H3. The van der Waals surface area contributed by atoms with E-state index in [1.54, 1.807) is 36.4 Å². The Morgan fingerprint density at radius 1 is 1.05 bits per heavy atom. The van der Waals surface area contributed by atoms with Crippen molar-refractivity contribution in [3.05, 3.63) is 63.6 Å². The van der Waals surface area contributed by atoms with Crippen LogP contribution in [0.5, 0.6) is 0 Å². The Hall–Kier alpha value is -1.23. The summed E-state index contributed by atoms with van der Waals surface area (Å²) in [6.07, 6.45) is 0. The summed E-state index contributed by atoms with van der Waals surface area (Å²) in [6.45, 7) is 1.89. The number of halogens is 2. The number of nitrogens with one attached hydrogen (secondary N) is 1. The fraction of sp³-hybridized carbons (Fsp3) is 0.143. The molecule has 0 atom stereocenters. The molecule has 0 heterocycles. The van der Waals surface area contributed by atoms with Crippen LogP contribution in [0.15, 0.2) is 42.5 Å². The highest BCUT2D eigenvalue weighted by Crippen LogP contribution is 2.26. The van der Waals surface area contributed by atoms with E-state index in [2.05, 4.69) is 4.72 Å². The zero-order chi connectivity index (χ0) is 14.8. The lowest BCUT2D eigenvalue weighted by Crippen LogP contribution is -2.15. The first kappa shape index (κ1) is 15.2. The lowest BCUT2D eigenvalue weighted by atomic mass is 10.2. The molecular formula is C14H13Cl2NO2S. The van der Waals surface area contributed by atoms with Crippen molar-refractivity contribution in [1.29, 1.82) is 0 Å². The van der Waals surface area contributed by atoms with Gasteiger partial charge < -0.3 is 0 Å². The lowest BCUT2D eigenvalue weighted by Gasteiger charge is -2.10. The van der Waals surface area contributed by atoms with E-state index in [1.165, 1.54) is 0 Å². The van der Waals surface area contributed by atoms with Crippen molar-refractivity contribution < 1.29 is 8.42 Å². The molecule has 0 saturated carbocycles. The number of sulfonamides is 1. The second-order valence-electron chi connectivity index (χ2n) is 4.43. The van der Waals surface area contributed by atoms with Crippen molar-refractivity contribution in [1.82, 2.24) is 0 Å². The third-order valence-corrected chi connectivity index (χ3v) is 4.61. The van der Waals surface area contributed by atoms with Gasteiger partial charge in [0, 0.05) is 21.3 Å². The van der Waals surface area contributed by atoms with Crippen LogP contribution in [0.2, 0.25) is 10.0 Å². The third-order valence-electron chi connectivity index (χ3n) is 2.69. The predicted octanol–water partition coefficient (Wildman–Crippen LogP) is 4.24. The van der Waals surface area contributed by atoms with Crippen LogP contribution in [-0.2, 0) is 15.8 Å². The number of benzene rings is 2. The third kappa shape index (κ3) is 3.88. The van der Waals surface area contributed by atoms with Crippen LogP contribution in [0.1, 0.15) is 11.1 Å². The minimum atomic E-state index is -3.57. The summed E-state index contributed by atoms with van der Waals surface area (Å²) in [4.78, 5) is 0. The van der Waals surface area contributed by atoms with Gasteiger partial charge in [0.05, 0.1) is 5.75 Å². The van der Waals surface area contributed by atoms with Crippen molar-refractivity contribution >= 4 is 38.9 Å². The Morgan fingerprint density at radius 2 is 1.65 bits per heavy atom. The van der Waals surface area contributed by atoms with E-state index in [-0.39, 0.29) is 5.75 Å². The summed E-state index contributed by atoms with van der Waals surface area (Å²) in [5.74, 6) is -0.264. The molecule has 3 nitrogen and oxygen atoms in total. The average molecular weight is 330 g/mol. The second kappa shape index (κ2) is 6.04. The molecule has 0 bridgehead atoms. The van der Waals surface area contributed by atoms with Crippen molar-refractivity contribution in [2.75, 3.05) is 4.72 Å². The highest BCUT2D eigenvalue weighted by Gasteiger charge is 2.16. The van der Waals surface area contributed by atoms with Gasteiger partial charge in [-0.05, 0) is 36.8 Å². The largest absolute Gasteiger partial charge is 0.283 e. The minimum absolute atomic E-state index is 0.264. The maximum absolute atomic E-state index is 12.2. The van der Waals surface area contributed by atoms with E-state index in [1.807, 2.05) is 13.0 Å². The van der Waals surface area contributed by atoms with E-state index in [4.69, 9.17) is 23.2 Å². The SMILES string of the molecule is Cc1cccc(NS(=O)(=O)Cc2c(Cl)cccc2Cl)c1. The summed E-state index contributed by atoms with van der Waals surface area (Å²) < 4.78 is 26.8. The highest BCUT2D eigenvalue weighted by atomic mass is 35.5. The van der Waals surface area contributed by atoms with Crippen molar-refractivity contribution in [2.45, 2.75) is 12.7 Å². The first-order valence-corrected chi connectivity index (χ1v) is 8.28. The van der Waals surface area contributed by atoms with Gasteiger partial charge in [-0.25, -0.2) is 8.42 Å². The topological polar surface area (TPSA) is 46.2 Å². The molecule has 0 radical (unpaired) electrons. The maximum Gasteiger partial charge on any atom is 0.237 e. The summed E-state index contributed by atoms with van der Waals surface area (Å²) in [5, 5.41) is 0.680. The molecule has 106 valence electrons. The van der Waals surface area contributed by atoms with Crippen LogP contribution in [0.4, 0.5) is 5.69 Å². The summed E-state index contributed by atoms with van der Waals surface area (Å²) in [7, 11) is -3.57. The Bertz CT molecular complexity index is 709. The van der Waals surface area contributed by atoms with Crippen molar-refractivity contribution in [2.24, 2.45) is 0 Å². The number of hydrogen-bond acceptors (Lipinski definition) is 2. The van der Waals surface area contributed by atoms with Gasteiger partial charge >= 0.3 is 0 Å². The van der Waals surface area contributed by atoms with Crippen LogP contribution in [0.3, 0.4) is 0 Å². The fourth-order valence-corrected chi connectivity index (χ4v) is 3.72. The van der Waals surface area contributed by atoms with Gasteiger partial charge in [-0.15, -0.1) is 0 Å². The number of hydrogen-bond donors (Lipinski definition) is 1. The first-order chi connectivity index (χ1) is 9.37. The van der Waals surface area contributed by atoms with Crippen LogP contribution >= 0.6 is 23.2 Å². The molecule has 0 aliphatic rings. The molecule has 2 rings (SSSR count). The predicted molar refractivity (Wildman–Crippen MR) is 83.9 cm³/mol. The molecule has 6 heteroatoms. The number of aryl methyl sites for hydroxylation is 1. The molecule has 0 spiro atoms. The average Bonchev–Trinajstić information content (AvgIpc) is 2.33. The molecule has 0 fully saturated rings. The molecule has 0 unspecified atom stereocenters. The highest BCUT2D eigenvalue weighted by molar-refractivity contribution is 7.91. The van der Waals surface area contributed by atoms with E-state index >= 15 is 0 Å². The van der Waals surface area contributed by atoms with Gasteiger partial charge in [0.2, 0.25) is 10.0 Å². The van der Waals surface area contributed by atoms with Gasteiger partial charge in [0.1, 0.15) is 0 Å². The van der Waals surface area contributed by atoms with Gasteiger partial charge in [-0.2, -0.15) is 0 Å². The molecule has 1 N–H and O–H groups in total. The Labute approximate surface area is 128 Å². The molecule has 0 aromatic heterocycles. The summed E-state index contributed by atoms with van der Waals surface area (Å²) >= 11 is 12.0. The van der Waals surface area contributed by atoms with E-state index in [0.717, 1.165) is 5.56 Å². The monoisotopic (exact) mass is 329 g/mol. The number of anilines is 1. The zero-order valence-electron chi connectivity index (χ0n) is 10.7. The van der Waals surface area contributed by atoms with Crippen LogP contribution in [0, 0.1) is 6.92 Å². The Balaban J connectivity index is 2.24. The van der Waals surface area contributed by atoms with Crippen LogP contribution < -0.4 is 4.72 Å². The molecule has 0 saturated heterocycles. The van der Waals surface area contributed by atoms with E-state index < -0.39 is 10.0 Å². The molecular weight excluding hydrogens is 317 g/mol. The minimum Gasteiger partial charge on any atom is -0.283 e. The zero-order valence-corrected chi connectivity index (χ0v) is 13.1. The van der Waals surface area contributed by atoms with Gasteiger partial charge in [0.25, 0.3) is 0 Å². The summed E-state index contributed by atoms with van der Waals surface area (Å²) in [6, 6.07) is 12.0. The fourth-order valence-electron chi connectivity index (χ4n) is 1.78. The van der Waals surface area contributed by atoms with Crippen LogP contribution in [0.25, 0.3) is 0 Å². The molecule has 20 heavy (non-hydrogen) atoms. The van der Waals surface area contributed by atoms with Gasteiger partial charge in [-0.3, -0.25) is 4.72 Å². The Kier molecular flexibility index (Phi) is 4.58. The molecule has 0 aliphatic carbocycles. The molecule has 0 amide bonds. The second-order valence-corrected chi connectivity index (χ2v) is 6.97. The van der Waals surface area contributed by atoms with Gasteiger partial charge in [-0.1, -0.05) is 41.4 Å².